The molecule has 0 amide bonds. The highest BCUT2D eigenvalue weighted by Gasteiger charge is 2.25. The zero-order chi connectivity index (χ0) is 10.3. The lowest BCUT2D eigenvalue weighted by Crippen LogP contribution is -2.02. The summed E-state index contributed by atoms with van der Waals surface area (Å²) >= 11 is 1.68. The van der Waals surface area contributed by atoms with Gasteiger partial charge in [-0.05, 0) is 18.6 Å². The number of ether oxygens (including phenoxy) is 1. The van der Waals surface area contributed by atoms with E-state index in [4.69, 9.17) is 4.74 Å². The predicted molar refractivity (Wildman–Crippen MR) is 60.4 cm³/mol. The molecule has 1 atom stereocenters. The molecule has 0 spiro atoms. The summed E-state index contributed by atoms with van der Waals surface area (Å²) in [4.78, 5) is 4.47. The summed E-state index contributed by atoms with van der Waals surface area (Å²) in [5.74, 6) is 1.01. The third-order valence-corrected chi connectivity index (χ3v) is 3.61. The minimum Gasteiger partial charge on any atom is -0.483 e. The molecule has 1 aromatic carbocycles. The van der Waals surface area contributed by atoms with Gasteiger partial charge in [0, 0.05) is 17.5 Å². The number of benzene rings is 1. The van der Waals surface area contributed by atoms with Crippen molar-refractivity contribution >= 4 is 11.3 Å². The smallest absolute Gasteiger partial charge is 0.154 e. The molecule has 0 fully saturated rings. The van der Waals surface area contributed by atoms with Gasteiger partial charge < -0.3 is 4.74 Å². The van der Waals surface area contributed by atoms with Crippen LogP contribution in [0.1, 0.15) is 22.4 Å². The molecule has 76 valence electrons. The van der Waals surface area contributed by atoms with Crippen molar-refractivity contribution in [3.63, 3.8) is 0 Å². The lowest BCUT2D eigenvalue weighted by molar-refractivity contribution is 0.238. The van der Waals surface area contributed by atoms with Crippen LogP contribution in [0.15, 0.2) is 29.6 Å². The molecule has 0 aliphatic carbocycles. The van der Waals surface area contributed by atoms with Crippen molar-refractivity contribution in [1.82, 2.24) is 4.98 Å². The van der Waals surface area contributed by atoms with Crippen LogP contribution in [0.25, 0.3) is 0 Å². The van der Waals surface area contributed by atoms with Crippen LogP contribution in [0.5, 0.6) is 5.75 Å². The number of thiazole rings is 1. The number of hydrogen-bond acceptors (Lipinski definition) is 3. The molecule has 1 aromatic heterocycles. The number of fused-ring (bicyclic) bond motifs is 1. The van der Waals surface area contributed by atoms with Crippen LogP contribution < -0.4 is 4.74 Å². The molecule has 1 unspecified atom stereocenters. The standard InChI is InChI=1S/C12H11NOS/c1-8-7-15-12(13-8)11-6-9-4-2-3-5-10(9)14-11/h2-5,7,11H,6H2,1H3. The normalized spacial score (nSPS) is 18.6. The first kappa shape index (κ1) is 8.92. The molecular formula is C12H11NOS. The van der Waals surface area contributed by atoms with Crippen LogP contribution in [0, 0.1) is 6.92 Å². The highest BCUT2D eigenvalue weighted by Crippen LogP contribution is 2.37. The monoisotopic (exact) mass is 217 g/mol. The third kappa shape index (κ3) is 1.53. The van der Waals surface area contributed by atoms with E-state index in [-0.39, 0.29) is 6.10 Å². The van der Waals surface area contributed by atoms with E-state index in [1.807, 2.05) is 19.1 Å². The highest BCUT2D eigenvalue weighted by molar-refractivity contribution is 7.09. The van der Waals surface area contributed by atoms with Gasteiger partial charge in [0.2, 0.25) is 0 Å². The minimum atomic E-state index is 0.126. The molecule has 2 aromatic rings. The second-order valence-corrected chi connectivity index (χ2v) is 4.64. The molecule has 3 heteroatoms. The number of para-hydroxylation sites is 1. The molecule has 3 rings (SSSR count). The fourth-order valence-corrected chi connectivity index (χ4v) is 2.66. The lowest BCUT2D eigenvalue weighted by atomic mass is 10.1. The van der Waals surface area contributed by atoms with Gasteiger partial charge in [0.25, 0.3) is 0 Å². The van der Waals surface area contributed by atoms with Crippen LogP contribution in [0.4, 0.5) is 0 Å². The van der Waals surface area contributed by atoms with Gasteiger partial charge in [0.1, 0.15) is 10.8 Å². The van der Waals surface area contributed by atoms with Crippen molar-refractivity contribution in [2.75, 3.05) is 0 Å². The molecule has 0 saturated carbocycles. The summed E-state index contributed by atoms with van der Waals surface area (Å²) in [6, 6.07) is 8.21. The van der Waals surface area contributed by atoms with Gasteiger partial charge in [-0.15, -0.1) is 11.3 Å². The van der Waals surface area contributed by atoms with Gasteiger partial charge in [-0.2, -0.15) is 0 Å². The Morgan fingerprint density at radius 2 is 2.27 bits per heavy atom. The quantitative estimate of drug-likeness (QED) is 0.732. The zero-order valence-electron chi connectivity index (χ0n) is 8.43. The summed E-state index contributed by atoms with van der Waals surface area (Å²) in [6.07, 6.45) is 1.07. The van der Waals surface area contributed by atoms with Crippen LogP contribution in [0.3, 0.4) is 0 Å². The molecule has 0 N–H and O–H groups in total. The summed E-state index contributed by atoms with van der Waals surface area (Å²) in [5.41, 5.74) is 2.37. The third-order valence-electron chi connectivity index (χ3n) is 2.56. The maximum atomic E-state index is 5.85. The number of aromatic nitrogens is 1. The first-order valence-electron chi connectivity index (χ1n) is 4.99. The Hall–Kier alpha value is -1.35. The second-order valence-electron chi connectivity index (χ2n) is 3.75. The summed E-state index contributed by atoms with van der Waals surface area (Å²) in [6.45, 7) is 2.02. The van der Waals surface area contributed by atoms with E-state index in [2.05, 4.69) is 22.5 Å². The van der Waals surface area contributed by atoms with Crippen molar-refractivity contribution in [1.29, 1.82) is 0 Å². The Kier molecular flexibility index (Phi) is 1.99. The van der Waals surface area contributed by atoms with Crippen molar-refractivity contribution in [3.05, 3.63) is 45.9 Å². The molecule has 1 aliphatic heterocycles. The van der Waals surface area contributed by atoms with E-state index in [1.165, 1.54) is 5.56 Å². The van der Waals surface area contributed by atoms with Gasteiger partial charge in [0.05, 0.1) is 0 Å². The topological polar surface area (TPSA) is 22.1 Å². The SMILES string of the molecule is Cc1csc(C2Cc3ccccc3O2)n1. The van der Waals surface area contributed by atoms with Crippen LogP contribution in [-0.2, 0) is 6.42 Å². The molecule has 1 aliphatic rings. The van der Waals surface area contributed by atoms with E-state index in [1.54, 1.807) is 11.3 Å². The predicted octanol–water partition coefficient (Wildman–Crippen LogP) is 3.13. The summed E-state index contributed by atoms with van der Waals surface area (Å²) in [7, 11) is 0. The van der Waals surface area contributed by atoms with Crippen molar-refractivity contribution in [2.24, 2.45) is 0 Å². The summed E-state index contributed by atoms with van der Waals surface area (Å²) in [5, 5.41) is 3.16. The van der Waals surface area contributed by atoms with E-state index in [0.717, 1.165) is 22.9 Å². The van der Waals surface area contributed by atoms with Crippen LogP contribution >= 0.6 is 11.3 Å². The first-order valence-corrected chi connectivity index (χ1v) is 5.87. The van der Waals surface area contributed by atoms with E-state index >= 15 is 0 Å². The maximum Gasteiger partial charge on any atom is 0.154 e. The Morgan fingerprint density at radius 3 is 3.00 bits per heavy atom. The zero-order valence-corrected chi connectivity index (χ0v) is 9.25. The van der Waals surface area contributed by atoms with E-state index in [0.29, 0.717) is 0 Å². The molecular weight excluding hydrogens is 206 g/mol. The van der Waals surface area contributed by atoms with Gasteiger partial charge in [-0.1, -0.05) is 18.2 Å². The van der Waals surface area contributed by atoms with Crippen molar-refractivity contribution < 1.29 is 4.74 Å². The second kappa shape index (κ2) is 3.35. The molecule has 15 heavy (non-hydrogen) atoms. The van der Waals surface area contributed by atoms with Crippen molar-refractivity contribution in [3.8, 4) is 5.75 Å². The Balaban J connectivity index is 1.90. The number of nitrogens with zero attached hydrogens (tertiary/aromatic N) is 1. The Bertz CT molecular complexity index is 467. The maximum absolute atomic E-state index is 5.85. The highest BCUT2D eigenvalue weighted by atomic mass is 32.1. The first-order chi connectivity index (χ1) is 7.33. The number of aryl methyl sites for hydroxylation is 1. The van der Waals surface area contributed by atoms with Gasteiger partial charge in [0.15, 0.2) is 6.10 Å². The minimum absolute atomic E-state index is 0.126. The van der Waals surface area contributed by atoms with E-state index < -0.39 is 0 Å². The summed E-state index contributed by atoms with van der Waals surface area (Å²) < 4.78 is 5.85. The van der Waals surface area contributed by atoms with E-state index in [9.17, 15) is 0 Å². The fraction of sp³-hybridized carbons (Fsp3) is 0.250. The fourth-order valence-electron chi connectivity index (χ4n) is 1.84. The van der Waals surface area contributed by atoms with Crippen LogP contribution in [0.2, 0.25) is 0 Å². The largest absolute Gasteiger partial charge is 0.483 e. The van der Waals surface area contributed by atoms with Crippen LogP contribution in [-0.4, -0.2) is 4.98 Å². The van der Waals surface area contributed by atoms with Gasteiger partial charge >= 0.3 is 0 Å². The number of rotatable bonds is 1. The van der Waals surface area contributed by atoms with Gasteiger partial charge in [-0.3, -0.25) is 0 Å². The number of hydrogen-bond donors (Lipinski definition) is 0. The molecule has 2 heterocycles. The lowest BCUT2D eigenvalue weighted by Gasteiger charge is -2.05. The average molecular weight is 217 g/mol. The molecule has 2 nitrogen and oxygen atoms in total. The molecule has 0 saturated heterocycles. The molecule has 0 bridgehead atoms. The van der Waals surface area contributed by atoms with Crippen molar-refractivity contribution in [2.45, 2.75) is 19.4 Å². The van der Waals surface area contributed by atoms with Gasteiger partial charge in [-0.25, -0.2) is 4.98 Å². The Labute approximate surface area is 92.6 Å². The Morgan fingerprint density at radius 1 is 1.40 bits per heavy atom. The molecule has 0 radical (unpaired) electrons. The average Bonchev–Trinajstić information content (AvgIpc) is 2.82.